The summed E-state index contributed by atoms with van der Waals surface area (Å²) in [5, 5.41) is 4.37. The van der Waals surface area contributed by atoms with Gasteiger partial charge in [0.1, 0.15) is 11.2 Å². The highest BCUT2D eigenvalue weighted by atomic mass is 16.5. The molecule has 1 N–H and O–H groups in total. The first kappa shape index (κ1) is 21.9. The quantitative estimate of drug-likeness (QED) is 0.708. The summed E-state index contributed by atoms with van der Waals surface area (Å²) >= 11 is 0. The maximum absolute atomic E-state index is 13.7. The van der Waals surface area contributed by atoms with E-state index in [1.54, 1.807) is 12.0 Å². The summed E-state index contributed by atoms with van der Waals surface area (Å²) in [5.41, 5.74) is 0.740. The molecule has 1 saturated carbocycles. The second kappa shape index (κ2) is 9.43. The predicted molar refractivity (Wildman–Crippen MR) is 122 cm³/mol. The Morgan fingerprint density at radius 1 is 1.16 bits per heavy atom. The number of nitrogens with zero attached hydrogens (tertiary/aromatic N) is 2. The van der Waals surface area contributed by atoms with Crippen LogP contribution in [-0.4, -0.2) is 53.1 Å². The summed E-state index contributed by atoms with van der Waals surface area (Å²) in [7, 11) is 1.66. The van der Waals surface area contributed by atoms with Crippen LogP contribution in [-0.2, 0) is 16.1 Å². The van der Waals surface area contributed by atoms with E-state index in [2.05, 4.69) is 5.32 Å². The van der Waals surface area contributed by atoms with E-state index >= 15 is 0 Å². The number of methoxy groups -OCH3 is 1. The van der Waals surface area contributed by atoms with Crippen LogP contribution in [0.3, 0.4) is 0 Å². The van der Waals surface area contributed by atoms with Crippen molar-refractivity contribution in [3.63, 3.8) is 0 Å². The molecule has 0 radical (unpaired) electrons. The number of benzene rings is 1. The lowest BCUT2D eigenvalue weighted by Gasteiger charge is -2.44. The van der Waals surface area contributed by atoms with Crippen molar-refractivity contribution in [3.8, 4) is 0 Å². The fraction of sp³-hybridized carbons (Fsp3) is 0.600. The number of hydrogen-bond acceptors (Lipinski definition) is 3. The van der Waals surface area contributed by atoms with Crippen LogP contribution >= 0.6 is 0 Å². The SMILES string of the molecule is COCCCN1C(=O)c2cc3ccccc3n2C[C@@]1(C)C(=O)NC1CCCCCCC1. The van der Waals surface area contributed by atoms with Crippen LogP contribution in [0, 0.1) is 0 Å². The molecule has 168 valence electrons. The summed E-state index contributed by atoms with van der Waals surface area (Å²) in [5.74, 6) is -0.110. The lowest BCUT2D eigenvalue weighted by molar-refractivity contribution is -0.133. The molecular weight excluding hydrogens is 390 g/mol. The van der Waals surface area contributed by atoms with Crippen LogP contribution in [0.5, 0.6) is 0 Å². The molecular formula is C25H35N3O3. The zero-order chi connectivity index (χ0) is 21.8. The molecule has 4 rings (SSSR count). The third-order valence-electron chi connectivity index (χ3n) is 7.00. The van der Waals surface area contributed by atoms with Crippen molar-refractivity contribution in [2.75, 3.05) is 20.3 Å². The fourth-order valence-electron chi connectivity index (χ4n) is 5.16. The number of carbonyl (C=O) groups excluding carboxylic acids is 2. The maximum atomic E-state index is 13.7. The molecule has 2 aromatic rings. The molecule has 6 nitrogen and oxygen atoms in total. The van der Waals surface area contributed by atoms with Crippen molar-refractivity contribution in [2.45, 2.75) is 76.4 Å². The number of para-hydroxylation sites is 1. The molecule has 0 unspecified atom stereocenters. The summed E-state index contributed by atoms with van der Waals surface area (Å²) < 4.78 is 7.25. The number of aromatic nitrogens is 1. The summed E-state index contributed by atoms with van der Waals surface area (Å²) in [4.78, 5) is 29.0. The molecule has 0 bridgehead atoms. The highest BCUT2D eigenvalue weighted by Gasteiger charge is 2.47. The summed E-state index contributed by atoms with van der Waals surface area (Å²) in [6.07, 6.45) is 8.84. The van der Waals surface area contributed by atoms with Crippen molar-refractivity contribution < 1.29 is 14.3 Å². The predicted octanol–water partition coefficient (Wildman–Crippen LogP) is 4.12. The first-order chi connectivity index (χ1) is 15.0. The number of ether oxygens (including phenoxy) is 1. The lowest BCUT2D eigenvalue weighted by atomic mass is 9.92. The van der Waals surface area contributed by atoms with E-state index in [1.807, 2.05) is 41.8 Å². The molecule has 6 heteroatoms. The second-order valence-electron chi connectivity index (χ2n) is 9.27. The van der Waals surface area contributed by atoms with E-state index in [9.17, 15) is 9.59 Å². The summed E-state index contributed by atoms with van der Waals surface area (Å²) in [6.45, 7) is 3.46. The Bertz CT molecular complexity index is 929. The molecule has 2 amide bonds. The Morgan fingerprint density at radius 3 is 2.61 bits per heavy atom. The number of hydrogen-bond donors (Lipinski definition) is 1. The third-order valence-corrected chi connectivity index (χ3v) is 7.00. The monoisotopic (exact) mass is 425 g/mol. The highest BCUT2D eigenvalue weighted by molar-refractivity contribution is 6.03. The molecule has 1 aromatic carbocycles. The Morgan fingerprint density at radius 2 is 1.87 bits per heavy atom. The number of carbonyl (C=O) groups is 2. The van der Waals surface area contributed by atoms with Crippen molar-refractivity contribution in [3.05, 3.63) is 36.0 Å². The average Bonchev–Trinajstić information content (AvgIpc) is 3.11. The minimum Gasteiger partial charge on any atom is -0.385 e. The molecule has 0 saturated heterocycles. The van der Waals surface area contributed by atoms with Crippen LogP contribution in [0.4, 0.5) is 0 Å². The van der Waals surface area contributed by atoms with Gasteiger partial charge < -0.3 is 19.5 Å². The first-order valence-corrected chi connectivity index (χ1v) is 11.7. The topological polar surface area (TPSA) is 63.6 Å². The minimum atomic E-state index is -0.929. The van der Waals surface area contributed by atoms with Crippen molar-refractivity contribution >= 4 is 22.7 Å². The van der Waals surface area contributed by atoms with Gasteiger partial charge >= 0.3 is 0 Å². The van der Waals surface area contributed by atoms with Gasteiger partial charge in [-0.05, 0) is 38.3 Å². The van der Waals surface area contributed by atoms with Gasteiger partial charge in [-0.15, -0.1) is 0 Å². The fourth-order valence-corrected chi connectivity index (χ4v) is 5.16. The zero-order valence-corrected chi connectivity index (χ0v) is 18.9. The van der Waals surface area contributed by atoms with E-state index in [0.29, 0.717) is 31.8 Å². The van der Waals surface area contributed by atoms with Gasteiger partial charge in [-0.25, -0.2) is 0 Å². The molecule has 1 aromatic heterocycles. The molecule has 1 atom stereocenters. The number of rotatable bonds is 6. The molecule has 2 heterocycles. The standard InChI is InChI=1S/C25H35N3O3/c1-25(24(30)26-20-12-6-4-3-5-7-13-20)18-27-21-14-9-8-11-19(21)17-22(27)23(29)28(25)15-10-16-31-2/h8-9,11,14,17,20H,3-7,10,12-13,15-16,18H2,1-2H3,(H,26,30)/t25-/m0/s1. The Balaban J connectivity index is 1.64. The minimum absolute atomic E-state index is 0.0349. The van der Waals surface area contributed by atoms with E-state index in [4.69, 9.17) is 4.74 Å². The summed E-state index contributed by atoms with van der Waals surface area (Å²) in [6, 6.07) is 10.2. The van der Waals surface area contributed by atoms with Gasteiger partial charge in [0.25, 0.3) is 5.91 Å². The van der Waals surface area contributed by atoms with Gasteiger partial charge in [0.05, 0.1) is 6.54 Å². The van der Waals surface area contributed by atoms with Crippen LogP contribution in [0.25, 0.3) is 10.9 Å². The van der Waals surface area contributed by atoms with Gasteiger partial charge in [0, 0.05) is 37.2 Å². The Hall–Kier alpha value is -2.34. The van der Waals surface area contributed by atoms with Gasteiger partial charge in [0.15, 0.2) is 0 Å². The largest absolute Gasteiger partial charge is 0.385 e. The lowest BCUT2D eigenvalue weighted by Crippen LogP contribution is -2.65. The average molecular weight is 426 g/mol. The maximum Gasteiger partial charge on any atom is 0.271 e. The van der Waals surface area contributed by atoms with Gasteiger partial charge in [0.2, 0.25) is 5.91 Å². The molecule has 1 fully saturated rings. The van der Waals surface area contributed by atoms with Gasteiger partial charge in [-0.2, -0.15) is 0 Å². The highest BCUT2D eigenvalue weighted by Crippen LogP contribution is 2.33. The second-order valence-corrected chi connectivity index (χ2v) is 9.27. The Labute approximate surface area is 184 Å². The van der Waals surface area contributed by atoms with Gasteiger partial charge in [-0.1, -0.05) is 50.3 Å². The zero-order valence-electron chi connectivity index (χ0n) is 18.9. The molecule has 2 aliphatic rings. The number of amides is 2. The molecule has 31 heavy (non-hydrogen) atoms. The van der Waals surface area contributed by atoms with E-state index in [1.165, 1.54) is 19.3 Å². The van der Waals surface area contributed by atoms with E-state index in [0.717, 1.165) is 36.6 Å². The van der Waals surface area contributed by atoms with Crippen LogP contribution in [0.1, 0.15) is 68.8 Å². The van der Waals surface area contributed by atoms with Crippen LogP contribution < -0.4 is 5.32 Å². The van der Waals surface area contributed by atoms with Crippen molar-refractivity contribution in [1.82, 2.24) is 14.8 Å². The van der Waals surface area contributed by atoms with Crippen LogP contribution in [0.15, 0.2) is 30.3 Å². The van der Waals surface area contributed by atoms with Gasteiger partial charge in [-0.3, -0.25) is 9.59 Å². The Kier molecular flexibility index (Phi) is 6.65. The van der Waals surface area contributed by atoms with Crippen molar-refractivity contribution in [2.24, 2.45) is 0 Å². The first-order valence-electron chi connectivity index (χ1n) is 11.7. The van der Waals surface area contributed by atoms with Crippen molar-refractivity contribution in [1.29, 1.82) is 0 Å². The normalized spacial score (nSPS) is 22.8. The number of fused-ring (bicyclic) bond motifs is 3. The molecule has 1 aliphatic heterocycles. The third kappa shape index (κ3) is 4.36. The van der Waals surface area contributed by atoms with E-state index < -0.39 is 5.54 Å². The smallest absolute Gasteiger partial charge is 0.271 e. The molecule has 1 aliphatic carbocycles. The van der Waals surface area contributed by atoms with E-state index in [-0.39, 0.29) is 17.9 Å². The number of nitrogens with one attached hydrogen (secondary N) is 1. The molecule has 0 spiro atoms. The van der Waals surface area contributed by atoms with Crippen LogP contribution in [0.2, 0.25) is 0 Å².